The minimum Gasteiger partial charge on any atom is -0.507 e. The molecule has 0 aliphatic heterocycles. The number of benzene rings is 1. The molecule has 0 amide bonds. The van der Waals surface area contributed by atoms with Crippen LogP contribution in [-0.2, 0) is 5.54 Å². The van der Waals surface area contributed by atoms with E-state index >= 15 is 0 Å². The van der Waals surface area contributed by atoms with Crippen LogP contribution in [0.2, 0.25) is 0 Å². The molecule has 3 heteroatoms. The monoisotopic (exact) mass is 181 g/mol. The Kier molecular flexibility index (Phi) is 1.60. The van der Waals surface area contributed by atoms with E-state index in [1.807, 2.05) is 0 Å². The van der Waals surface area contributed by atoms with Crippen molar-refractivity contribution in [1.82, 2.24) is 0 Å². The van der Waals surface area contributed by atoms with Crippen LogP contribution >= 0.6 is 0 Å². The molecule has 1 fully saturated rings. The van der Waals surface area contributed by atoms with Crippen LogP contribution in [0, 0.1) is 12.7 Å². The molecule has 1 aromatic carbocycles. The van der Waals surface area contributed by atoms with E-state index in [9.17, 15) is 9.50 Å². The van der Waals surface area contributed by atoms with Gasteiger partial charge in [-0.1, -0.05) is 6.07 Å². The minimum atomic E-state index is -0.611. The van der Waals surface area contributed by atoms with Crippen LogP contribution in [0.1, 0.15) is 24.0 Å². The fourth-order valence-electron chi connectivity index (χ4n) is 1.53. The van der Waals surface area contributed by atoms with Crippen LogP contribution in [0.25, 0.3) is 0 Å². The first kappa shape index (κ1) is 8.51. The minimum absolute atomic E-state index is 0.0139. The number of hydrogen-bond acceptors (Lipinski definition) is 2. The molecule has 2 nitrogen and oxygen atoms in total. The summed E-state index contributed by atoms with van der Waals surface area (Å²) in [7, 11) is 0. The molecular formula is C10H12FNO. The van der Waals surface area contributed by atoms with Gasteiger partial charge in [0.25, 0.3) is 0 Å². The van der Waals surface area contributed by atoms with Gasteiger partial charge in [0.2, 0.25) is 0 Å². The molecule has 0 aromatic heterocycles. The number of rotatable bonds is 1. The fraction of sp³-hybridized carbons (Fsp3) is 0.400. The van der Waals surface area contributed by atoms with Crippen LogP contribution < -0.4 is 5.73 Å². The number of halogens is 1. The number of hydrogen-bond donors (Lipinski definition) is 2. The Morgan fingerprint density at radius 2 is 2.08 bits per heavy atom. The third-order valence-corrected chi connectivity index (χ3v) is 2.62. The first-order valence-corrected chi connectivity index (χ1v) is 4.32. The predicted molar refractivity (Wildman–Crippen MR) is 47.9 cm³/mol. The van der Waals surface area contributed by atoms with Crippen LogP contribution in [0.5, 0.6) is 5.75 Å². The maximum atomic E-state index is 13.3. The molecule has 0 radical (unpaired) electrons. The largest absolute Gasteiger partial charge is 0.507 e. The van der Waals surface area contributed by atoms with Gasteiger partial charge in [0.15, 0.2) is 0 Å². The Hall–Kier alpha value is -1.09. The highest BCUT2D eigenvalue weighted by Gasteiger charge is 2.44. The number of aromatic hydroxyl groups is 1. The summed E-state index contributed by atoms with van der Waals surface area (Å²) in [5, 5.41) is 9.63. The predicted octanol–water partition coefficient (Wildman–Crippen LogP) is 1.79. The smallest absolute Gasteiger partial charge is 0.131 e. The topological polar surface area (TPSA) is 46.2 Å². The summed E-state index contributed by atoms with van der Waals surface area (Å²) >= 11 is 0. The SMILES string of the molecule is Cc1ccc(F)c(C2(N)CC2)c1O. The Morgan fingerprint density at radius 1 is 1.46 bits per heavy atom. The van der Waals surface area contributed by atoms with Gasteiger partial charge in [0.05, 0.1) is 0 Å². The van der Waals surface area contributed by atoms with Gasteiger partial charge in [-0.15, -0.1) is 0 Å². The summed E-state index contributed by atoms with van der Waals surface area (Å²) < 4.78 is 13.3. The Balaban J connectivity index is 2.61. The normalized spacial score (nSPS) is 18.7. The summed E-state index contributed by atoms with van der Waals surface area (Å²) in [4.78, 5) is 0. The van der Waals surface area contributed by atoms with Crippen molar-refractivity contribution in [3.8, 4) is 5.75 Å². The summed E-state index contributed by atoms with van der Waals surface area (Å²) in [6.45, 7) is 1.74. The third-order valence-electron chi connectivity index (χ3n) is 2.62. The van der Waals surface area contributed by atoms with Gasteiger partial charge in [0.1, 0.15) is 11.6 Å². The molecule has 0 atom stereocenters. The molecule has 0 unspecified atom stereocenters. The average molecular weight is 181 g/mol. The lowest BCUT2D eigenvalue weighted by molar-refractivity contribution is 0.442. The van der Waals surface area contributed by atoms with E-state index in [1.165, 1.54) is 6.07 Å². The van der Waals surface area contributed by atoms with Crippen molar-refractivity contribution in [3.63, 3.8) is 0 Å². The van der Waals surface area contributed by atoms with Crippen molar-refractivity contribution < 1.29 is 9.50 Å². The molecule has 1 aliphatic rings. The summed E-state index contributed by atoms with van der Waals surface area (Å²) in [5.41, 5.74) is 6.19. The molecule has 3 N–H and O–H groups in total. The zero-order valence-electron chi connectivity index (χ0n) is 7.47. The van der Waals surface area contributed by atoms with Gasteiger partial charge in [-0.05, 0) is 31.4 Å². The Labute approximate surface area is 76.2 Å². The molecule has 13 heavy (non-hydrogen) atoms. The van der Waals surface area contributed by atoms with Gasteiger partial charge in [-0.25, -0.2) is 4.39 Å². The Bertz CT molecular complexity index is 358. The van der Waals surface area contributed by atoms with Gasteiger partial charge < -0.3 is 10.8 Å². The average Bonchev–Trinajstić information content (AvgIpc) is 2.78. The van der Waals surface area contributed by atoms with E-state index in [0.29, 0.717) is 5.56 Å². The van der Waals surface area contributed by atoms with Gasteiger partial charge in [0, 0.05) is 11.1 Å². The molecule has 1 aliphatic carbocycles. The lowest BCUT2D eigenvalue weighted by atomic mass is 10.0. The second kappa shape index (κ2) is 2.45. The number of phenolic OH excluding ortho intramolecular Hbond substituents is 1. The van der Waals surface area contributed by atoms with E-state index in [1.54, 1.807) is 13.0 Å². The number of aryl methyl sites for hydroxylation is 1. The molecule has 70 valence electrons. The second-order valence-corrected chi connectivity index (χ2v) is 3.74. The van der Waals surface area contributed by atoms with Crippen molar-refractivity contribution in [2.45, 2.75) is 25.3 Å². The first-order chi connectivity index (χ1) is 6.04. The molecule has 1 aromatic rings. The van der Waals surface area contributed by atoms with E-state index in [4.69, 9.17) is 5.73 Å². The van der Waals surface area contributed by atoms with E-state index in [0.717, 1.165) is 12.8 Å². The number of nitrogens with two attached hydrogens (primary N) is 1. The van der Waals surface area contributed by atoms with Gasteiger partial charge in [-0.3, -0.25) is 0 Å². The van der Waals surface area contributed by atoms with Crippen molar-refractivity contribution in [1.29, 1.82) is 0 Å². The summed E-state index contributed by atoms with van der Waals surface area (Å²) in [6, 6.07) is 2.91. The third kappa shape index (κ3) is 1.20. The molecule has 0 bridgehead atoms. The van der Waals surface area contributed by atoms with E-state index < -0.39 is 11.4 Å². The molecule has 2 rings (SSSR count). The van der Waals surface area contributed by atoms with Crippen molar-refractivity contribution >= 4 is 0 Å². The maximum Gasteiger partial charge on any atom is 0.131 e. The first-order valence-electron chi connectivity index (χ1n) is 4.32. The van der Waals surface area contributed by atoms with Crippen molar-refractivity contribution in [2.24, 2.45) is 5.73 Å². The highest BCUT2D eigenvalue weighted by molar-refractivity contribution is 5.47. The van der Waals surface area contributed by atoms with Crippen LogP contribution in [0.15, 0.2) is 12.1 Å². The van der Waals surface area contributed by atoms with Crippen molar-refractivity contribution in [3.05, 3.63) is 29.1 Å². The molecule has 1 saturated carbocycles. The Morgan fingerprint density at radius 3 is 2.62 bits per heavy atom. The van der Waals surface area contributed by atoms with E-state index in [2.05, 4.69) is 0 Å². The second-order valence-electron chi connectivity index (χ2n) is 3.74. The molecular weight excluding hydrogens is 169 g/mol. The molecule has 0 spiro atoms. The fourth-order valence-corrected chi connectivity index (χ4v) is 1.53. The highest BCUT2D eigenvalue weighted by Crippen LogP contribution is 2.48. The number of phenols is 1. The quantitative estimate of drug-likeness (QED) is 0.693. The highest BCUT2D eigenvalue weighted by atomic mass is 19.1. The zero-order valence-corrected chi connectivity index (χ0v) is 7.47. The van der Waals surface area contributed by atoms with Crippen LogP contribution in [-0.4, -0.2) is 5.11 Å². The molecule has 0 heterocycles. The zero-order chi connectivity index (χ0) is 9.64. The standard InChI is InChI=1S/C10H12FNO/c1-6-2-3-7(11)8(9(6)13)10(12)4-5-10/h2-3,13H,4-5,12H2,1H3. The summed E-state index contributed by atoms with van der Waals surface area (Å²) in [5.74, 6) is -0.386. The lowest BCUT2D eigenvalue weighted by Crippen LogP contribution is -2.20. The summed E-state index contributed by atoms with van der Waals surface area (Å²) in [6.07, 6.45) is 1.50. The van der Waals surface area contributed by atoms with Gasteiger partial charge in [-0.2, -0.15) is 0 Å². The molecule has 0 saturated heterocycles. The maximum absolute atomic E-state index is 13.3. The van der Waals surface area contributed by atoms with Crippen LogP contribution in [0.3, 0.4) is 0 Å². The van der Waals surface area contributed by atoms with E-state index in [-0.39, 0.29) is 11.3 Å². The lowest BCUT2D eigenvalue weighted by Gasteiger charge is -2.13. The van der Waals surface area contributed by atoms with Crippen LogP contribution in [0.4, 0.5) is 4.39 Å². The van der Waals surface area contributed by atoms with Crippen molar-refractivity contribution in [2.75, 3.05) is 0 Å². The van der Waals surface area contributed by atoms with Gasteiger partial charge >= 0.3 is 0 Å².